The summed E-state index contributed by atoms with van der Waals surface area (Å²) in [5.41, 5.74) is 0.895. The van der Waals surface area contributed by atoms with Crippen LogP contribution in [0.2, 0.25) is 0 Å². The first-order chi connectivity index (χ1) is 12.0. The molecule has 2 aromatic rings. The number of piperidine rings is 1. The van der Waals surface area contributed by atoms with Crippen LogP contribution in [0.25, 0.3) is 10.8 Å². The maximum Gasteiger partial charge on any atom is 0.241 e. The molecule has 0 bridgehead atoms. The highest BCUT2D eigenvalue weighted by atomic mass is 16.2. The van der Waals surface area contributed by atoms with E-state index in [9.17, 15) is 4.79 Å². The summed E-state index contributed by atoms with van der Waals surface area (Å²) >= 11 is 0. The van der Waals surface area contributed by atoms with Crippen LogP contribution in [0.1, 0.15) is 33.6 Å². The smallest absolute Gasteiger partial charge is 0.241 e. The van der Waals surface area contributed by atoms with E-state index in [0.29, 0.717) is 12.1 Å². The van der Waals surface area contributed by atoms with Crippen LogP contribution in [0.5, 0.6) is 0 Å². The second-order valence-corrected chi connectivity index (χ2v) is 7.32. The van der Waals surface area contributed by atoms with Crippen LogP contribution in [0.4, 0.5) is 5.69 Å². The zero-order chi connectivity index (χ0) is 17.8. The van der Waals surface area contributed by atoms with Crippen LogP contribution in [0, 0.1) is 0 Å². The normalized spacial score (nSPS) is 17.8. The predicted molar refractivity (Wildman–Crippen MR) is 105 cm³/mol. The van der Waals surface area contributed by atoms with Crippen molar-refractivity contribution in [2.75, 3.05) is 18.4 Å². The number of nitrogens with one attached hydrogen (secondary N) is 2. The van der Waals surface area contributed by atoms with E-state index in [1.165, 1.54) is 0 Å². The Bertz CT molecular complexity index is 715. The predicted octanol–water partition coefficient (Wildman–Crippen LogP) is 3.63. The topological polar surface area (TPSA) is 44.4 Å². The summed E-state index contributed by atoms with van der Waals surface area (Å²) in [5.74, 6) is 0.0756. The van der Waals surface area contributed by atoms with Gasteiger partial charge in [-0.1, -0.05) is 50.2 Å². The fourth-order valence-corrected chi connectivity index (χ4v) is 3.66. The molecule has 1 heterocycles. The van der Waals surface area contributed by atoms with Crippen molar-refractivity contribution in [3.05, 3.63) is 42.5 Å². The van der Waals surface area contributed by atoms with Crippen molar-refractivity contribution in [3.8, 4) is 0 Å². The van der Waals surface area contributed by atoms with Gasteiger partial charge in [-0.25, -0.2) is 0 Å². The lowest BCUT2D eigenvalue weighted by atomic mass is 10.0. The van der Waals surface area contributed by atoms with E-state index in [1.54, 1.807) is 0 Å². The molecule has 4 nitrogen and oxygen atoms in total. The van der Waals surface area contributed by atoms with Crippen molar-refractivity contribution in [1.29, 1.82) is 0 Å². The minimum absolute atomic E-state index is 0.0756. The Hall–Kier alpha value is -1.91. The first-order valence-corrected chi connectivity index (χ1v) is 9.33. The molecule has 1 fully saturated rings. The Kier molecular flexibility index (Phi) is 5.71. The lowest BCUT2D eigenvalue weighted by Crippen LogP contribution is -2.50. The van der Waals surface area contributed by atoms with Gasteiger partial charge in [0, 0.05) is 36.2 Å². The van der Waals surface area contributed by atoms with E-state index in [-0.39, 0.29) is 11.9 Å². The van der Waals surface area contributed by atoms with Crippen molar-refractivity contribution >= 4 is 22.4 Å². The van der Waals surface area contributed by atoms with Gasteiger partial charge >= 0.3 is 0 Å². The summed E-state index contributed by atoms with van der Waals surface area (Å²) in [6.07, 6.45) is 2.20. The molecule has 1 atom stereocenters. The largest absolute Gasteiger partial charge is 0.324 e. The van der Waals surface area contributed by atoms with E-state index in [4.69, 9.17) is 0 Å². The minimum atomic E-state index is -0.112. The maximum atomic E-state index is 12.7. The Labute approximate surface area is 150 Å². The molecular weight excluding hydrogens is 310 g/mol. The Balaban J connectivity index is 1.61. The van der Waals surface area contributed by atoms with Crippen molar-refractivity contribution in [2.24, 2.45) is 0 Å². The Morgan fingerprint density at radius 2 is 1.72 bits per heavy atom. The molecule has 1 aliphatic rings. The van der Waals surface area contributed by atoms with Gasteiger partial charge in [-0.2, -0.15) is 0 Å². The molecule has 0 aromatic heterocycles. The summed E-state index contributed by atoms with van der Waals surface area (Å²) < 4.78 is 0. The number of hydrogen-bond acceptors (Lipinski definition) is 3. The molecule has 2 N–H and O–H groups in total. The van der Waals surface area contributed by atoms with E-state index >= 15 is 0 Å². The first-order valence-electron chi connectivity index (χ1n) is 9.33. The molecule has 2 aromatic carbocycles. The first kappa shape index (κ1) is 17.9. The summed E-state index contributed by atoms with van der Waals surface area (Å²) in [6, 6.07) is 15.2. The second-order valence-electron chi connectivity index (χ2n) is 7.32. The number of anilines is 1. The van der Waals surface area contributed by atoms with Gasteiger partial charge in [0.05, 0.1) is 6.04 Å². The number of fused-ring (bicyclic) bond motifs is 1. The van der Waals surface area contributed by atoms with Gasteiger partial charge in [0.15, 0.2) is 0 Å². The molecule has 0 radical (unpaired) electrons. The number of amides is 1. The van der Waals surface area contributed by atoms with Gasteiger partial charge in [-0.15, -0.1) is 0 Å². The lowest BCUT2D eigenvalue weighted by molar-refractivity contribution is -0.121. The zero-order valence-electron chi connectivity index (χ0n) is 15.5. The molecule has 0 saturated carbocycles. The molecule has 1 amide bonds. The number of nitrogens with zero attached hydrogens (tertiary/aromatic N) is 1. The third kappa shape index (κ3) is 4.39. The maximum absolute atomic E-state index is 12.7. The molecule has 0 aliphatic carbocycles. The summed E-state index contributed by atoms with van der Waals surface area (Å²) in [5, 5.41) is 8.97. The van der Waals surface area contributed by atoms with Crippen molar-refractivity contribution in [2.45, 2.75) is 51.7 Å². The summed E-state index contributed by atoms with van der Waals surface area (Å²) in [6.45, 7) is 8.32. The molecule has 0 spiro atoms. The van der Waals surface area contributed by atoms with Crippen molar-refractivity contribution in [3.63, 3.8) is 0 Å². The molecule has 1 saturated heterocycles. The number of likely N-dealkylation sites (tertiary alicyclic amines) is 1. The third-order valence-electron chi connectivity index (χ3n) is 5.07. The fourth-order valence-electron chi connectivity index (χ4n) is 3.66. The van der Waals surface area contributed by atoms with Gasteiger partial charge < -0.3 is 10.6 Å². The van der Waals surface area contributed by atoms with E-state index in [1.807, 2.05) is 31.2 Å². The SMILES string of the molecule is CC(C)NC1CCN([C@H](C)C(=O)Nc2cccc3ccccc23)CC1. The number of carbonyl (C=O) groups excluding carboxylic acids is 1. The summed E-state index contributed by atoms with van der Waals surface area (Å²) in [4.78, 5) is 15.0. The molecular formula is C21H29N3O. The minimum Gasteiger partial charge on any atom is -0.324 e. The van der Waals surface area contributed by atoms with E-state index < -0.39 is 0 Å². The monoisotopic (exact) mass is 339 g/mol. The van der Waals surface area contributed by atoms with E-state index in [0.717, 1.165) is 42.4 Å². The van der Waals surface area contributed by atoms with Gasteiger partial charge in [0.2, 0.25) is 5.91 Å². The van der Waals surface area contributed by atoms with Crippen molar-refractivity contribution in [1.82, 2.24) is 10.2 Å². The highest BCUT2D eigenvalue weighted by Gasteiger charge is 2.26. The van der Waals surface area contributed by atoms with E-state index in [2.05, 4.69) is 47.6 Å². The number of hydrogen-bond donors (Lipinski definition) is 2. The molecule has 3 rings (SSSR count). The third-order valence-corrected chi connectivity index (χ3v) is 5.07. The highest BCUT2D eigenvalue weighted by Crippen LogP contribution is 2.23. The zero-order valence-corrected chi connectivity index (χ0v) is 15.5. The van der Waals surface area contributed by atoms with Crippen LogP contribution < -0.4 is 10.6 Å². The van der Waals surface area contributed by atoms with Crippen LogP contribution in [0.15, 0.2) is 42.5 Å². The molecule has 134 valence electrons. The standard InChI is InChI=1S/C21H29N3O/c1-15(2)22-18-11-13-24(14-12-18)16(3)21(25)23-20-10-6-8-17-7-4-5-9-19(17)20/h4-10,15-16,18,22H,11-14H2,1-3H3,(H,23,25)/t16-/m1/s1. The van der Waals surface area contributed by atoms with Gasteiger partial charge in [0.1, 0.15) is 0 Å². The quantitative estimate of drug-likeness (QED) is 0.874. The molecule has 1 aliphatic heterocycles. The number of rotatable bonds is 5. The molecule has 0 unspecified atom stereocenters. The van der Waals surface area contributed by atoms with Crippen LogP contribution in [0.3, 0.4) is 0 Å². The van der Waals surface area contributed by atoms with Crippen LogP contribution in [-0.2, 0) is 4.79 Å². The van der Waals surface area contributed by atoms with Gasteiger partial charge in [-0.05, 0) is 31.2 Å². The van der Waals surface area contributed by atoms with Gasteiger partial charge in [0.25, 0.3) is 0 Å². The number of benzene rings is 2. The Morgan fingerprint density at radius 3 is 2.44 bits per heavy atom. The number of carbonyl (C=O) groups is 1. The van der Waals surface area contributed by atoms with Crippen molar-refractivity contribution < 1.29 is 4.79 Å². The average molecular weight is 339 g/mol. The molecule has 4 heteroatoms. The van der Waals surface area contributed by atoms with Gasteiger partial charge in [-0.3, -0.25) is 9.69 Å². The lowest BCUT2D eigenvalue weighted by Gasteiger charge is -2.36. The average Bonchev–Trinajstić information content (AvgIpc) is 2.61. The fraction of sp³-hybridized carbons (Fsp3) is 0.476. The second kappa shape index (κ2) is 7.98. The highest BCUT2D eigenvalue weighted by molar-refractivity contribution is 6.03. The van der Waals surface area contributed by atoms with Crippen LogP contribution in [-0.4, -0.2) is 42.0 Å². The summed E-state index contributed by atoms with van der Waals surface area (Å²) in [7, 11) is 0. The molecule has 25 heavy (non-hydrogen) atoms. The van der Waals surface area contributed by atoms with Crippen LogP contribution >= 0.6 is 0 Å². The Morgan fingerprint density at radius 1 is 1.04 bits per heavy atom.